The molecule has 172 valence electrons. The summed E-state index contributed by atoms with van der Waals surface area (Å²) in [6.07, 6.45) is 6.59. The minimum Gasteiger partial charge on any atom is -0.480 e. The third-order valence-electron chi connectivity index (χ3n) is 6.33. The molecule has 1 fully saturated rings. The fraction of sp³-hybridized carbons (Fsp3) is 0.481. The number of rotatable bonds is 9. The van der Waals surface area contributed by atoms with Crippen LogP contribution in [0.4, 0.5) is 5.69 Å². The number of amides is 2. The second-order valence-electron chi connectivity index (χ2n) is 8.74. The van der Waals surface area contributed by atoms with Gasteiger partial charge in [0, 0.05) is 17.3 Å². The predicted octanol–water partition coefficient (Wildman–Crippen LogP) is 6.06. The fourth-order valence-electron chi connectivity index (χ4n) is 4.17. The van der Waals surface area contributed by atoms with Crippen molar-refractivity contribution in [2.24, 2.45) is 0 Å². The maximum absolute atomic E-state index is 13.0. The molecular weight excluding hydrogens is 400 g/mol. The zero-order valence-corrected chi connectivity index (χ0v) is 19.5. The van der Waals surface area contributed by atoms with Gasteiger partial charge < -0.3 is 15.4 Å². The van der Waals surface area contributed by atoms with Crippen molar-refractivity contribution in [3.8, 4) is 5.75 Å². The maximum atomic E-state index is 13.0. The van der Waals surface area contributed by atoms with Gasteiger partial charge in [-0.1, -0.05) is 64.3 Å². The monoisotopic (exact) mass is 436 g/mol. The topological polar surface area (TPSA) is 67.4 Å². The number of nitrogens with one attached hydrogen (secondary N) is 2. The molecule has 2 atom stereocenters. The molecule has 0 aliphatic heterocycles. The van der Waals surface area contributed by atoms with Crippen molar-refractivity contribution in [3.63, 3.8) is 0 Å². The SMILES string of the molecule is CCC(Oc1ccccc1C(C)CC)C(=O)Nc1cccc(C(=O)NC2CCCCC2)c1. The van der Waals surface area contributed by atoms with Gasteiger partial charge in [-0.25, -0.2) is 0 Å². The molecule has 0 saturated heterocycles. The molecule has 2 aromatic carbocycles. The first-order valence-electron chi connectivity index (χ1n) is 12.0. The molecule has 1 aliphatic rings. The van der Waals surface area contributed by atoms with Crippen molar-refractivity contribution in [2.45, 2.75) is 83.8 Å². The van der Waals surface area contributed by atoms with Crippen LogP contribution in [0.25, 0.3) is 0 Å². The number of benzene rings is 2. The molecule has 3 rings (SSSR count). The zero-order chi connectivity index (χ0) is 22.9. The molecule has 1 aliphatic carbocycles. The summed E-state index contributed by atoms with van der Waals surface area (Å²) in [5, 5.41) is 6.06. The van der Waals surface area contributed by atoms with Crippen LogP contribution in [0.1, 0.15) is 87.6 Å². The number of carbonyl (C=O) groups excluding carboxylic acids is 2. The molecular formula is C27H36N2O3. The third kappa shape index (κ3) is 6.35. The summed E-state index contributed by atoms with van der Waals surface area (Å²) in [4.78, 5) is 25.6. The van der Waals surface area contributed by atoms with Crippen molar-refractivity contribution < 1.29 is 14.3 Å². The van der Waals surface area contributed by atoms with Gasteiger partial charge in [0.2, 0.25) is 0 Å². The summed E-state index contributed by atoms with van der Waals surface area (Å²) in [6, 6.07) is 15.3. The Bertz CT molecular complexity index is 905. The highest BCUT2D eigenvalue weighted by Crippen LogP contribution is 2.29. The van der Waals surface area contributed by atoms with Crippen molar-refractivity contribution >= 4 is 17.5 Å². The van der Waals surface area contributed by atoms with Crippen LogP contribution in [0, 0.1) is 0 Å². The van der Waals surface area contributed by atoms with Crippen LogP contribution in [0.5, 0.6) is 5.75 Å². The summed E-state index contributed by atoms with van der Waals surface area (Å²) < 4.78 is 6.14. The largest absolute Gasteiger partial charge is 0.480 e. The van der Waals surface area contributed by atoms with Gasteiger partial charge in [-0.2, -0.15) is 0 Å². The normalized spacial score (nSPS) is 16.1. The van der Waals surface area contributed by atoms with E-state index in [1.165, 1.54) is 19.3 Å². The Hall–Kier alpha value is -2.82. The third-order valence-corrected chi connectivity index (χ3v) is 6.33. The summed E-state index contributed by atoms with van der Waals surface area (Å²) in [7, 11) is 0. The molecule has 2 aromatic rings. The molecule has 1 saturated carbocycles. The quantitative estimate of drug-likeness (QED) is 0.502. The molecule has 0 bridgehead atoms. The van der Waals surface area contributed by atoms with Crippen molar-refractivity contribution in [3.05, 3.63) is 59.7 Å². The van der Waals surface area contributed by atoms with Crippen LogP contribution in [0.15, 0.2) is 48.5 Å². The van der Waals surface area contributed by atoms with E-state index in [2.05, 4.69) is 30.5 Å². The molecule has 2 unspecified atom stereocenters. The molecule has 32 heavy (non-hydrogen) atoms. The lowest BCUT2D eigenvalue weighted by Crippen LogP contribution is -2.36. The Morgan fingerprint density at radius 3 is 2.47 bits per heavy atom. The average molecular weight is 437 g/mol. The minimum absolute atomic E-state index is 0.0845. The maximum Gasteiger partial charge on any atom is 0.265 e. The number of carbonyl (C=O) groups is 2. The molecule has 0 heterocycles. The molecule has 2 N–H and O–H groups in total. The Labute approximate surface area is 191 Å². The zero-order valence-electron chi connectivity index (χ0n) is 19.5. The van der Waals surface area contributed by atoms with Gasteiger partial charge in [0.25, 0.3) is 11.8 Å². The number of para-hydroxylation sites is 1. The molecule has 5 nitrogen and oxygen atoms in total. The first kappa shape index (κ1) is 23.8. The Morgan fingerprint density at radius 1 is 1.00 bits per heavy atom. The Morgan fingerprint density at radius 2 is 1.75 bits per heavy atom. The number of hydrogen-bond donors (Lipinski definition) is 2. The van der Waals surface area contributed by atoms with E-state index in [0.29, 0.717) is 23.6 Å². The molecule has 2 amide bonds. The van der Waals surface area contributed by atoms with E-state index >= 15 is 0 Å². The van der Waals surface area contributed by atoms with Crippen molar-refractivity contribution in [2.75, 3.05) is 5.32 Å². The summed E-state index contributed by atoms with van der Waals surface area (Å²) in [6.45, 7) is 6.24. The first-order chi connectivity index (χ1) is 15.5. The van der Waals surface area contributed by atoms with E-state index < -0.39 is 6.10 Å². The highest BCUT2D eigenvalue weighted by molar-refractivity contribution is 5.98. The molecule has 5 heteroatoms. The minimum atomic E-state index is -0.611. The van der Waals surface area contributed by atoms with Crippen LogP contribution in [-0.4, -0.2) is 24.0 Å². The lowest BCUT2D eigenvalue weighted by atomic mass is 9.95. The van der Waals surface area contributed by atoms with Gasteiger partial charge in [-0.3, -0.25) is 9.59 Å². The summed E-state index contributed by atoms with van der Waals surface area (Å²) >= 11 is 0. The lowest BCUT2D eigenvalue weighted by Gasteiger charge is -2.23. The van der Waals surface area contributed by atoms with Crippen LogP contribution in [-0.2, 0) is 4.79 Å². The number of hydrogen-bond acceptors (Lipinski definition) is 3. The van der Waals surface area contributed by atoms with E-state index in [1.54, 1.807) is 24.3 Å². The molecule has 0 spiro atoms. The fourth-order valence-corrected chi connectivity index (χ4v) is 4.17. The second kappa shape index (κ2) is 11.7. The predicted molar refractivity (Wildman–Crippen MR) is 129 cm³/mol. The van der Waals surface area contributed by atoms with Gasteiger partial charge in [0.15, 0.2) is 6.10 Å². The second-order valence-corrected chi connectivity index (χ2v) is 8.74. The van der Waals surface area contributed by atoms with Crippen LogP contribution < -0.4 is 15.4 Å². The first-order valence-corrected chi connectivity index (χ1v) is 12.0. The molecule has 0 radical (unpaired) electrons. The number of ether oxygens (including phenoxy) is 1. The standard InChI is InChI=1S/C27H36N2O3/c1-4-19(3)23-16-9-10-17-25(23)32-24(5-2)27(31)29-22-15-11-12-20(18-22)26(30)28-21-13-7-6-8-14-21/h9-12,15-19,21,24H,4-8,13-14H2,1-3H3,(H,28,30)(H,29,31). The van der Waals surface area contributed by atoms with E-state index in [0.717, 1.165) is 30.6 Å². The van der Waals surface area contributed by atoms with E-state index in [-0.39, 0.29) is 17.9 Å². The van der Waals surface area contributed by atoms with Crippen LogP contribution in [0.3, 0.4) is 0 Å². The Balaban J connectivity index is 1.65. The number of anilines is 1. The van der Waals surface area contributed by atoms with Crippen molar-refractivity contribution in [1.29, 1.82) is 0 Å². The Kier molecular flexibility index (Phi) is 8.72. The van der Waals surface area contributed by atoms with Gasteiger partial charge >= 0.3 is 0 Å². The van der Waals surface area contributed by atoms with E-state index in [1.807, 2.05) is 25.1 Å². The van der Waals surface area contributed by atoms with Gasteiger partial charge in [-0.15, -0.1) is 0 Å². The van der Waals surface area contributed by atoms with Gasteiger partial charge in [0.1, 0.15) is 5.75 Å². The van der Waals surface area contributed by atoms with Crippen molar-refractivity contribution in [1.82, 2.24) is 5.32 Å². The average Bonchev–Trinajstić information content (AvgIpc) is 2.83. The molecule has 0 aromatic heterocycles. The van der Waals surface area contributed by atoms with Gasteiger partial charge in [-0.05, 0) is 61.4 Å². The van der Waals surface area contributed by atoms with E-state index in [4.69, 9.17) is 4.74 Å². The summed E-state index contributed by atoms with van der Waals surface area (Å²) in [5.41, 5.74) is 2.27. The lowest BCUT2D eigenvalue weighted by molar-refractivity contribution is -0.122. The van der Waals surface area contributed by atoms with Gasteiger partial charge in [0.05, 0.1) is 0 Å². The highest BCUT2D eigenvalue weighted by atomic mass is 16.5. The highest BCUT2D eigenvalue weighted by Gasteiger charge is 2.22. The smallest absolute Gasteiger partial charge is 0.265 e. The van der Waals surface area contributed by atoms with Crippen LogP contribution >= 0.6 is 0 Å². The summed E-state index contributed by atoms with van der Waals surface area (Å²) in [5.74, 6) is 0.811. The van der Waals surface area contributed by atoms with E-state index in [9.17, 15) is 9.59 Å². The van der Waals surface area contributed by atoms with Crippen LogP contribution in [0.2, 0.25) is 0 Å².